The predicted molar refractivity (Wildman–Crippen MR) is 55.2 cm³/mol. The molecule has 0 heterocycles. The summed E-state index contributed by atoms with van der Waals surface area (Å²) in [6.45, 7) is 4.57. The Morgan fingerprint density at radius 2 is 2.17 bits per heavy atom. The molecule has 0 radical (unpaired) electrons. The summed E-state index contributed by atoms with van der Waals surface area (Å²) < 4.78 is 0. The van der Waals surface area contributed by atoms with Crippen molar-refractivity contribution in [3.05, 3.63) is 23.3 Å². The first-order valence-electron chi connectivity index (χ1n) is 5.17. The first-order valence-corrected chi connectivity index (χ1v) is 5.17. The molecule has 0 saturated carbocycles. The SMILES string of the molecule is CCCC1=C(C)CC=CCCC1. The van der Waals surface area contributed by atoms with Crippen molar-refractivity contribution >= 4 is 0 Å². The minimum Gasteiger partial charge on any atom is -0.0882 e. The molecular formula is C12H20. The van der Waals surface area contributed by atoms with Crippen LogP contribution in [0.15, 0.2) is 23.3 Å². The fourth-order valence-corrected chi connectivity index (χ4v) is 1.81. The highest BCUT2D eigenvalue weighted by Gasteiger charge is 2.02. The Hall–Kier alpha value is -0.520. The molecule has 0 aromatic heterocycles. The number of allylic oxidation sites excluding steroid dienone is 4. The largest absolute Gasteiger partial charge is 0.0882 e. The van der Waals surface area contributed by atoms with Crippen molar-refractivity contribution in [3.8, 4) is 0 Å². The Morgan fingerprint density at radius 3 is 2.92 bits per heavy atom. The van der Waals surface area contributed by atoms with Crippen molar-refractivity contribution in [2.24, 2.45) is 0 Å². The lowest BCUT2D eigenvalue weighted by atomic mass is 9.95. The first kappa shape index (κ1) is 9.57. The summed E-state index contributed by atoms with van der Waals surface area (Å²) in [6.07, 6.45) is 12.4. The lowest BCUT2D eigenvalue weighted by Crippen LogP contribution is -1.91. The molecule has 0 spiro atoms. The predicted octanol–water partition coefficient (Wildman–Crippen LogP) is 4.23. The van der Waals surface area contributed by atoms with Gasteiger partial charge in [-0.05, 0) is 39.0 Å². The van der Waals surface area contributed by atoms with Crippen LogP contribution in [0.25, 0.3) is 0 Å². The van der Waals surface area contributed by atoms with E-state index < -0.39 is 0 Å². The van der Waals surface area contributed by atoms with E-state index >= 15 is 0 Å². The molecule has 0 atom stereocenters. The molecule has 0 amide bonds. The molecule has 0 aromatic carbocycles. The van der Waals surface area contributed by atoms with Crippen LogP contribution in [0.1, 0.15) is 52.4 Å². The molecule has 0 fully saturated rings. The zero-order valence-electron chi connectivity index (χ0n) is 8.40. The van der Waals surface area contributed by atoms with Crippen LogP contribution in [-0.4, -0.2) is 0 Å². The Bertz CT molecular complexity index is 184. The molecule has 1 aliphatic rings. The van der Waals surface area contributed by atoms with Crippen molar-refractivity contribution < 1.29 is 0 Å². The Labute approximate surface area is 76.4 Å². The zero-order chi connectivity index (χ0) is 8.81. The van der Waals surface area contributed by atoms with Gasteiger partial charge in [0, 0.05) is 0 Å². The standard InChI is InChI=1S/C12H20/c1-3-8-12-10-7-5-4-6-9-11(12)2/h4,6H,3,5,7-10H2,1-2H3. The number of hydrogen-bond donors (Lipinski definition) is 0. The first-order chi connectivity index (χ1) is 5.84. The van der Waals surface area contributed by atoms with Crippen molar-refractivity contribution in [1.82, 2.24) is 0 Å². The Kier molecular flexibility index (Phi) is 4.13. The van der Waals surface area contributed by atoms with Crippen LogP contribution in [-0.2, 0) is 0 Å². The van der Waals surface area contributed by atoms with Gasteiger partial charge in [-0.25, -0.2) is 0 Å². The maximum absolute atomic E-state index is 2.33. The van der Waals surface area contributed by atoms with E-state index in [0.29, 0.717) is 0 Å². The van der Waals surface area contributed by atoms with Gasteiger partial charge in [0.1, 0.15) is 0 Å². The van der Waals surface area contributed by atoms with Crippen LogP contribution < -0.4 is 0 Å². The summed E-state index contributed by atoms with van der Waals surface area (Å²) in [4.78, 5) is 0. The summed E-state index contributed by atoms with van der Waals surface area (Å²) in [6, 6.07) is 0. The zero-order valence-corrected chi connectivity index (χ0v) is 8.40. The molecular weight excluding hydrogens is 144 g/mol. The van der Waals surface area contributed by atoms with Gasteiger partial charge >= 0.3 is 0 Å². The Morgan fingerprint density at radius 1 is 1.33 bits per heavy atom. The third-order valence-corrected chi connectivity index (χ3v) is 2.60. The van der Waals surface area contributed by atoms with Crippen LogP contribution in [0.5, 0.6) is 0 Å². The molecule has 0 aromatic rings. The molecule has 1 rings (SSSR count). The van der Waals surface area contributed by atoms with E-state index in [1.165, 1.54) is 38.5 Å². The van der Waals surface area contributed by atoms with Gasteiger partial charge in [0.15, 0.2) is 0 Å². The van der Waals surface area contributed by atoms with E-state index in [-0.39, 0.29) is 0 Å². The molecule has 1 aliphatic carbocycles. The van der Waals surface area contributed by atoms with E-state index in [9.17, 15) is 0 Å². The Balaban J connectivity index is 2.60. The molecule has 0 N–H and O–H groups in total. The lowest BCUT2D eigenvalue weighted by Gasteiger charge is -2.12. The second kappa shape index (κ2) is 5.18. The summed E-state index contributed by atoms with van der Waals surface area (Å²) in [5, 5.41) is 0. The fourth-order valence-electron chi connectivity index (χ4n) is 1.81. The lowest BCUT2D eigenvalue weighted by molar-refractivity contribution is 0.745. The average molecular weight is 164 g/mol. The van der Waals surface area contributed by atoms with Crippen LogP contribution in [0.2, 0.25) is 0 Å². The normalized spacial score (nSPS) is 19.2. The van der Waals surface area contributed by atoms with Gasteiger partial charge in [0.2, 0.25) is 0 Å². The molecule has 0 bridgehead atoms. The molecule has 68 valence electrons. The van der Waals surface area contributed by atoms with Gasteiger partial charge in [-0.15, -0.1) is 0 Å². The van der Waals surface area contributed by atoms with Gasteiger partial charge in [-0.1, -0.05) is 36.6 Å². The molecule has 0 heteroatoms. The van der Waals surface area contributed by atoms with Crippen LogP contribution in [0, 0.1) is 0 Å². The quantitative estimate of drug-likeness (QED) is 0.536. The molecule has 0 aliphatic heterocycles. The maximum Gasteiger partial charge on any atom is -0.0139 e. The van der Waals surface area contributed by atoms with Gasteiger partial charge in [0.05, 0.1) is 0 Å². The van der Waals surface area contributed by atoms with E-state index in [0.717, 1.165) is 0 Å². The molecule has 0 nitrogen and oxygen atoms in total. The fraction of sp³-hybridized carbons (Fsp3) is 0.667. The van der Waals surface area contributed by atoms with Crippen molar-refractivity contribution in [1.29, 1.82) is 0 Å². The van der Waals surface area contributed by atoms with Gasteiger partial charge < -0.3 is 0 Å². The van der Waals surface area contributed by atoms with E-state index in [1.54, 1.807) is 11.1 Å². The highest BCUT2D eigenvalue weighted by atomic mass is 14.1. The van der Waals surface area contributed by atoms with Crippen LogP contribution >= 0.6 is 0 Å². The number of rotatable bonds is 2. The minimum atomic E-state index is 1.19. The molecule has 0 unspecified atom stereocenters. The average Bonchev–Trinajstić information content (AvgIpc) is 2.05. The summed E-state index contributed by atoms with van der Waals surface area (Å²) >= 11 is 0. The van der Waals surface area contributed by atoms with Crippen LogP contribution in [0.4, 0.5) is 0 Å². The third-order valence-electron chi connectivity index (χ3n) is 2.60. The minimum absolute atomic E-state index is 1.19. The monoisotopic (exact) mass is 164 g/mol. The van der Waals surface area contributed by atoms with Crippen LogP contribution in [0.3, 0.4) is 0 Å². The summed E-state index contributed by atoms with van der Waals surface area (Å²) in [5.41, 5.74) is 3.34. The van der Waals surface area contributed by atoms with E-state index in [1.807, 2.05) is 0 Å². The smallest absolute Gasteiger partial charge is 0.0139 e. The topological polar surface area (TPSA) is 0 Å². The number of hydrogen-bond acceptors (Lipinski definition) is 0. The van der Waals surface area contributed by atoms with Gasteiger partial charge in [0.25, 0.3) is 0 Å². The summed E-state index contributed by atoms with van der Waals surface area (Å²) in [7, 11) is 0. The molecule has 12 heavy (non-hydrogen) atoms. The van der Waals surface area contributed by atoms with Crippen molar-refractivity contribution in [2.45, 2.75) is 52.4 Å². The van der Waals surface area contributed by atoms with Gasteiger partial charge in [-0.3, -0.25) is 0 Å². The second-order valence-corrected chi connectivity index (χ2v) is 3.70. The maximum atomic E-state index is 2.33. The molecule has 0 saturated heterocycles. The third kappa shape index (κ3) is 2.84. The second-order valence-electron chi connectivity index (χ2n) is 3.70. The van der Waals surface area contributed by atoms with E-state index in [4.69, 9.17) is 0 Å². The van der Waals surface area contributed by atoms with E-state index in [2.05, 4.69) is 26.0 Å². The van der Waals surface area contributed by atoms with Gasteiger partial charge in [-0.2, -0.15) is 0 Å². The van der Waals surface area contributed by atoms with Crippen molar-refractivity contribution in [3.63, 3.8) is 0 Å². The highest BCUT2D eigenvalue weighted by molar-refractivity contribution is 5.16. The summed E-state index contributed by atoms with van der Waals surface area (Å²) in [5.74, 6) is 0. The highest BCUT2D eigenvalue weighted by Crippen LogP contribution is 2.22. The van der Waals surface area contributed by atoms with Crippen molar-refractivity contribution in [2.75, 3.05) is 0 Å².